The fourth-order valence-corrected chi connectivity index (χ4v) is 3.09. The lowest BCUT2D eigenvalue weighted by molar-refractivity contribution is 0.0930. The van der Waals surface area contributed by atoms with Crippen molar-refractivity contribution in [2.24, 2.45) is 0 Å². The number of benzene rings is 1. The Kier molecular flexibility index (Phi) is 4.55. The second kappa shape index (κ2) is 6.77. The maximum Gasteiger partial charge on any atom is 0.271 e. The van der Waals surface area contributed by atoms with E-state index in [1.54, 1.807) is 0 Å². The van der Waals surface area contributed by atoms with Gasteiger partial charge in [0.1, 0.15) is 5.69 Å². The quantitative estimate of drug-likeness (QED) is 0.911. The van der Waals surface area contributed by atoms with E-state index in [-0.39, 0.29) is 23.2 Å². The van der Waals surface area contributed by atoms with Gasteiger partial charge in [-0.2, -0.15) is 0 Å². The number of hydrogen-bond acceptors (Lipinski definition) is 3. The molecule has 0 aliphatic heterocycles. The average Bonchev–Trinajstić information content (AvgIpc) is 2.59. The van der Waals surface area contributed by atoms with E-state index in [1.165, 1.54) is 30.2 Å². The van der Waals surface area contributed by atoms with Crippen LogP contribution in [0.25, 0.3) is 0 Å². The summed E-state index contributed by atoms with van der Waals surface area (Å²) in [5, 5.41) is 3.00. The average molecular weight is 311 g/mol. The van der Waals surface area contributed by atoms with Gasteiger partial charge in [-0.1, -0.05) is 25.1 Å². The number of aromatic amines is 1. The summed E-state index contributed by atoms with van der Waals surface area (Å²) in [6, 6.07) is 6.47. The van der Waals surface area contributed by atoms with Crippen molar-refractivity contribution < 1.29 is 4.79 Å². The SMILES string of the molecule is CCC(NC(=O)c1c[nH]c(=O)cn1)c1ccc2c(c1)CCCC2. The maximum absolute atomic E-state index is 12.3. The zero-order valence-corrected chi connectivity index (χ0v) is 13.3. The van der Waals surface area contributed by atoms with E-state index in [4.69, 9.17) is 0 Å². The van der Waals surface area contributed by atoms with Crippen LogP contribution in [0.3, 0.4) is 0 Å². The van der Waals surface area contributed by atoms with Crippen LogP contribution in [0, 0.1) is 0 Å². The summed E-state index contributed by atoms with van der Waals surface area (Å²) in [6.07, 6.45) is 8.04. The van der Waals surface area contributed by atoms with E-state index in [0.29, 0.717) is 0 Å². The van der Waals surface area contributed by atoms with Crippen molar-refractivity contribution in [2.45, 2.75) is 45.1 Å². The third-order valence-corrected chi connectivity index (χ3v) is 4.39. The number of hydrogen-bond donors (Lipinski definition) is 2. The molecule has 0 radical (unpaired) electrons. The summed E-state index contributed by atoms with van der Waals surface area (Å²) < 4.78 is 0. The third-order valence-electron chi connectivity index (χ3n) is 4.39. The number of amides is 1. The standard InChI is InChI=1S/C18H21N3O2/c1-2-15(21-18(23)16-10-20-17(22)11-19-16)14-8-7-12-5-3-4-6-13(12)9-14/h7-11,15H,2-6H2,1H3,(H,20,22)(H,21,23). The topological polar surface area (TPSA) is 74.8 Å². The fraction of sp³-hybridized carbons (Fsp3) is 0.389. The Morgan fingerprint density at radius 3 is 2.78 bits per heavy atom. The van der Waals surface area contributed by atoms with E-state index >= 15 is 0 Å². The number of rotatable bonds is 4. The van der Waals surface area contributed by atoms with E-state index in [9.17, 15) is 9.59 Å². The van der Waals surface area contributed by atoms with Crippen molar-refractivity contribution in [3.8, 4) is 0 Å². The number of nitrogens with one attached hydrogen (secondary N) is 2. The number of carbonyl (C=O) groups is 1. The lowest BCUT2D eigenvalue weighted by Crippen LogP contribution is -2.29. The molecule has 0 fully saturated rings. The molecule has 5 nitrogen and oxygen atoms in total. The lowest BCUT2D eigenvalue weighted by atomic mass is 9.89. The Balaban J connectivity index is 1.78. The highest BCUT2D eigenvalue weighted by molar-refractivity contribution is 5.92. The molecule has 1 aromatic heterocycles. The smallest absolute Gasteiger partial charge is 0.271 e. The van der Waals surface area contributed by atoms with Gasteiger partial charge in [0.25, 0.3) is 11.5 Å². The van der Waals surface area contributed by atoms with E-state index in [2.05, 4.69) is 33.5 Å². The summed E-state index contributed by atoms with van der Waals surface area (Å²) >= 11 is 0. The number of H-pyrrole nitrogens is 1. The lowest BCUT2D eigenvalue weighted by Gasteiger charge is -2.21. The second-order valence-electron chi connectivity index (χ2n) is 5.97. The number of nitrogens with zero attached hydrogens (tertiary/aromatic N) is 1. The van der Waals surface area contributed by atoms with Gasteiger partial charge in [0.2, 0.25) is 0 Å². The molecule has 1 aromatic carbocycles. The fourth-order valence-electron chi connectivity index (χ4n) is 3.09. The van der Waals surface area contributed by atoms with Gasteiger partial charge in [-0.3, -0.25) is 9.59 Å². The van der Waals surface area contributed by atoms with Crippen molar-refractivity contribution in [1.29, 1.82) is 0 Å². The number of carbonyl (C=O) groups excluding carboxylic acids is 1. The van der Waals surface area contributed by atoms with Gasteiger partial charge >= 0.3 is 0 Å². The molecular weight excluding hydrogens is 290 g/mol. The molecule has 1 unspecified atom stereocenters. The maximum atomic E-state index is 12.3. The van der Waals surface area contributed by atoms with Crippen LogP contribution < -0.4 is 10.9 Å². The first-order valence-electron chi connectivity index (χ1n) is 8.14. The van der Waals surface area contributed by atoms with Crippen LogP contribution in [0.4, 0.5) is 0 Å². The number of fused-ring (bicyclic) bond motifs is 1. The van der Waals surface area contributed by atoms with Crippen molar-refractivity contribution >= 4 is 5.91 Å². The molecule has 3 rings (SSSR count). The van der Waals surface area contributed by atoms with E-state index in [0.717, 1.165) is 31.0 Å². The molecule has 2 aromatic rings. The Morgan fingerprint density at radius 2 is 2.09 bits per heavy atom. The second-order valence-corrected chi connectivity index (χ2v) is 5.97. The highest BCUT2D eigenvalue weighted by atomic mass is 16.2. The first-order chi connectivity index (χ1) is 11.2. The minimum absolute atomic E-state index is 0.0524. The minimum atomic E-state index is -0.316. The monoisotopic (exact) mass is 311 g/mol. The molecular formula is C18H21N3O2. The molecule has 1 heterocycles. The molecule has 0 saturated heterocycles. The van der Waals surface area contributed by atoms with Crippen LogP contribution in [0.15, 0.2) is 35.4 Å². The van der Waals surface area contributed by atoms with Crippen LogP contribution >= 0.6 is 0 Å². The van der Waals surface area contributed by atoms with Gasteiger partial charge in [-0.05, 0) is 48.8 Å². The highest BCUT2D eigenvalue weighted by Crippen LogP contribution is 2.26. The summed E-state index contributed by atoms with van der Waals surface area (Å²) in [5.41, 5.74) is 3.88. The van der Waals surface area contributed by atoms with Gasteiger partial charge < -0.3 is 10.3 Å². The third kappa shape index (κ3) is 3.50. The predicted molar refractivity (Wildman–Crippen MR) is 88.4 cm³/mol. The molecule has 23 heavy (non-hydrogen) atoms. The van der Waals surface area contributed by atoms with Crippen LogP contribution in [0.2, 0.25) is 0 Å². The number of aromatic nitrogens is 2. The summed E-state index contributed by atoms with van der Waals surface area (Å²) in [7, 11) is 0. The van der Waals surface area contributed by atoms with Gasteiger partial charge in [-0.25, -0.2) is 4.98 Å². The molecule has 1 amide bonds. The first kappa shape index (κ1) is 15.5. The zero-order valence-electron chi connectivity index (χ0n) is 13.3. The normalized spacial score (nSPS) is 14.8. The zero-order chi connectivity index (χ0) is 16.2. The van der Waals surface area contributed by atoms with Gasteiger partial charge in [-0.15, -0.1) is 0 Å². The first-order valence-corrected chi connectivity index (χ1v) is 8.14. The molecule has 0 bridgehead atoms. The summed E-state index contributed by atoms with van der Waals surface area (Å²) in [4.78, 5) is 29.7. The number of aryl methyl sites for hydroxylation is 2. The molecule has 1 atom stereocenters. The van der Waals surface area contributed by atoms with Crippen LogP contribution in [0.1, 0.15) is 59.4 Å². The molecule has 0 spiro atoms. The van der Waals surface area contributed by atoms with Crippen molar-refractivity contribution in [2.75, 3.05) is 0 Å². The van der Waals surface area contributed by atoms with E-state index in [1.807, 2.05) is 6.92 Å². The molecule has 1 aliphatic carbocycles. The Hall–Kier alpha value is -2.43. The van der Waals surface area contributed by atoms with Crippen LogP contribution in [-0.4, -0.2) is 15.9 Å². The molecule has 5 heteroatoms. The molecule has 2 N–H and O–H groups in total. The minimum Gasteiger partial charge on any atom is -0.344 e. The van der Waals surface area contributed by atoms with Gasteiger partial charge in [0.05, 0.1) is 12.2 Å². The predicted octanol–water partition coefficient (Wildman–Crippen LogP) is 2.53. The summed E-state index contributed by atoms with van der Waals surface area (Å²) in [5.74, 6) is -0.272. The van der Waals surface area contributed by atoms with Crippen molar-refractivity contribution in [1.82, 2.24) is 15.3 Å². The molecule has 1 aliphatic rings. The van der Waals surface area contributed by atoms with Gasteiger partial charge in [0, 0.05) is 6.20 Å². The van der Waals surface area contributed by atoms with Crippen LogP contribution in [0.5, 0.6) is 0 Å². The van der Waals surface area contributed by atoms with Crippen LogP contribution in [-0.2, 0) is 12.8 Å². The van der Waals surface area contributed by atoms with Crippen molar-refractivity contribution in [3.63, 3.8) is 0 Å². The van der Waals surface area contributed by atoms with Gasteiger partial charge in [0.15, 0.2) is 0 Å². The Bertz CT molecular complexity index is 747. The largest absolute Gasteiger partial charge is 0.344 e. The Labute approximate surface area is 135 Å². The highest BCUT2D eigenvalue weighted by Gasteiger charge is 2.17. The van der Waals surface area contributed by atoms with E-state index < -0.39 is 0 Å². The Morgan fingerprint density at radius 1 is 1.30 bits per heavy atom. The summed E-state index contributed by atoms with van der Waals surface area (Å²) in [6.45, 7) is 2.05. The molecule has 0 saturated carbocycles. The molecule has 120 valence electrons. The van der Waals surface area contributed by atoms with Crippen molar-refractivity contribution in [3.05, 3.63) is 63.3 Å².